The summed E-state index contributed by atoms with van der Waals surface area (Å²) in [7, 11) is 0. The molecule has 116 valence electrons. The summed E-state index contributed by atoms with van der Waals surface area (Å²) in [6, 6.07) is 3.73. The minimum Gasteiger partial charge on any atom is -0.317 e. The van der Waals surface area contributed by atoms with Crippen molar-refractivity contribution < 1.29 is 4.79 Å². The van der Waals surface area contributed by atoms with E-state index in [-0.39, 0.29) is 12.1 Å². The van der Waals surface area contributed by atoms with Gasteiger partial charge in [0, 0.05) is 30.2 Å². The zero-order valence-electron chi connectivity index (χ0n) is 12.5. The van der Waals surface area contributed by atoms with Gasteiger partial charge in [-0.3, -0.25) is 5.10 Å². The van der Waals surface area contributed by atoms with E-state index in [1.807, 2.05) is 29.5 Å². The molecule has 22 heavy (non-hydrogen) atoms. The van der Waals surface area contributed by atoms with Gasteiger partial charge in [0.25, 0.3) is 0 Å². The molecule has 3 heterocycles. The summed E-state index contributed by atoms with van der Waals surface area (Å²) in [5, 5.41) is 10.7. The molecular weight excluding hydrogens is 298 g/mol. The fourth-order valence-corrected chi connectivity index (χ4v) is 3.17. The lowest BCUT2D eigenvalue weighted by molar-refractivity contribution is 0.163. The summed E-state index contributed by atoms with van der Waals surface area (Å²) in [4.78, 5) is 18.7. The number of pyridine rings is 1. The van der Waals surface area contributed by atoms with E-state index in [2.05, 4.69) is 20.5 Å². The number of anilines is 1. The number of hydrogen-bond donors (Lipinski definition) is 2. The van der Waals surface area contributed by atoms with E-state index in [0.717, 1.165) is 42.1 Å². The largest absolute Gasteiger partial charge is 0.322 e. The third-order valence-corrected chi connectivity index (χ3v) is 4.50. The van der Waals surface area contributed by atoms with E-state index in [4.69, 9.17) is 0 Å². The van der Waals surface area contributed by atoms with Crippen molar-refractivity contribution in [2.24, 2.45) is 0 Å². The molecule has 0 bridgehead atoms. The molecule has 1 saturated heterocycles. The van der Waals surface area contributed by atoms with Gasteiger partial charge in [0.05, 0.1) is 17.3 Å². The van der Waals surface area contributed by atoms with E-state index in [0.29, 0.717) is 0 Å². The molecule has 1 fully saturated rings. The molecule has 0 aromatic carbocycles. The second kappa shape index (κ2) is 6.83. The molecule has 1 aliphatic rings. The van der Waals surface area contributed by atoms with Crippen molar-refractivity contribution in [2.75, 3.05) is 18.1 Å². The highest BCUT2D eigenvalue weighted by molar-refractivity contribution is 7.98. The quantitative estimate of drug-likeness (QED) is 0.852. The Balaban J connectivity index is 1.74. The van der Waals surface area contributed by atoms with Crippen LogP contribution in [-0.4, -0.2) is 38.9 Å². The highest BCUT2D eigenvalue weighted by Crippen LogP contribution is 2.30. The number of H-pyrrole nitrogens is 1. The van der Waals surface area contributed by atoms with Crippen molar-refractivity contribution in [1.82, 2.24) is 20.1 Å². The van der Waals surface area contributed by atoms with Crippen molar-refractivity contribution in [2.45, 2.75) is 30.3 Å². The van der Waals surface area contributed by atoms with Crippen LogP contribution in [0.25, 0.3) is 0 Å². The van der Waals surface area contributed by atoms with E-state index in [1.165, 1.54) is 0 Å². The Bertz CT molecular complexity index is 631. The lowest BCUT2D eigenvalue weighted by Crippen LogP contribution is -2.41. The van der Waals surface area contributed by atoms with Gasteiger partial charge in [0.2, 0.25) is 0 Å². The van der Waals surface area contributed by atoms with Gasteiger partial charge in [0.1, 0.15) is 0 Å². The molecule has 2 N–H and O–H groups in total. The Morgan fingerprint density at radius 3 is 3.18 bits per heavy atom. The standard InChI is InChI=1S/C15H19N5OS/c1-22-14-8-12(5-6-16-14)19-15(21)20-7-3-2-4-13(20)11-9-17-18-10-11/h5-6,8-10,13H,2-4,7H2,1H3,(H,17,18)(H,16,19,21). The summed E-state index contributed by atoms with van der Waals surface area (Å²) in [6.45, 7) is 0.766. The predicted octanol–water partition coefficient (Wildman–Crippen LogP) is 3.29. The Labute approximate surface area is 133 Å². The van der Waals surface area contributed by atoms with E-state index in [1.54, 1.807) is 24.2 Å². The molecular formula is C15H19N5OS. The fourth-order valence-electron chi connectivity index (χ4n) is 2.76. The number of aromatic amines is 1. The molecule has 1 atom stereocenters. The van der Waals surface area contributed by atoms with Crippen LogP contribution < -0.4 is 5.32 Å². The highest BCUT2D eigenvalue weighted by Gasteiger charge is 2.28. The normalized spacial score (nSPS) is 18.2. The maximum atomic E-state index is 12.6. The third kappa shape index (κ3) is 3.24. The van der Waals surface area contributed by atoms with Crippen LogP contribution in [0.1, 0.15) is 30.9 Å². The van der Waals surface area contributed by atoms with Crippen LogP contribution in [0.5, 0.6) is 0 Å². The first kappa shape index (κ1) is 14.9. The SMILES string of the molecule is CSc1cc(NC(=O)N2CCCCC2c2cn[nH]c2)ccn1. The number of nitrogens with one attached hydrogen (secondary N) is 2. The average Bonchev–Trinajstić information content (AvgIpc) is 3.09. The van der Waals surface area contributed by atoms with Crippen molar-refractivity contribution >= 4 is 23.5 Å². The zero-order valence-corrected chi connectivity index (χ0v) is 13.3. The van der Waals surface area contributed by atoms with Gasteiger partial charge in [-0.15, -0.1) is 11.8 Å². The Morgan fingerprint density at radius 2 is 2.41 bits per heavy atom. The minimum atomic E-state index is -0.0656. The second-order valence-electron chi connectivity index (χ2n) is 5.25. The smallest absolute Gasteiger partial charge is 0.317 e. The number of nitrogens with zero attached hydrogens (tertiary/aromatic N) is 3. The average molecular weight is 317 g/mol. The summed E-state index contributed by atoms with van der Waals surface area (Å²) < 4.78 is 0. The monoisotopic (exact) mass is 317 g/mol. The Hall–Kier alpha value is -2.02. The topological polar surface area (TPSA) is 73.9 Å². The van der Waals surface area contributed by atoms with Crippen molar-refractivity contribution in [3.05, 3.63) is 36.3 Å². The Kier molecular flexibility index (Phi) is 4.62. The third-order valence-electron chi connectivity index (χ3n) is 3.86. The lowest BCUT2D eigenvalue weighted by Gasteiger charge is -2.35. The first-order valence-corrected chi connectivity index (χ1v) is 8.57. The number of amides is 2. The summed E-state index contributed by atoms with van der Waals surface area (Å²) in [5.74, 6) is 0. The molecule has 0 spiro atoms. The van der Waals surface area contributed by atoms with Crippen molar-refractivity contribution in [1.29, 1.82) is 0 Å². The predicted molar refractivity (Wildman–Crippen MR) is 86.9 cm³/mol. The molecule has 1 aliphatic heterocycles. The van der Waals surface area contributed by atoms with Crippen LogP contribution in [0.4, 0.5) is 10.5 Å². The molecule has 3 rings (SSSR count). The number of aromatic nitrogens is 3. The van der Waals surface area contributed by atoms with Gasteiger partial charge in [-0.1, -0.05) is 0 Å². The Morgan fingerprint density at radius 1 is 1.50 bits per heavy atom. The molecule has 6 nitrogen and oxygen atoms in total. The van der Waals surface area contributed by atoms with Crippen LogP contribution in [-0.2, 0) is 0 Å². The van der Waals surface area contributed by atoms with Gasteiger partial charge < -0.3 is 10.2 Å². The van der Waals surface area contributed by atoms with Gasteiger partial charge in [-0.2, -0.15) is 5.10 Å². The zero-order chi connectivity index (χ0) is 15.4. The summed E-state index contributed by atoms with van der Waals surface area (Å²) >= 11 is 1.56. The molecule has 1 unspecified atom stereocenters. The number of piperidine rings is 1. The number of hydrogen-bond acceptors (Lipinski definition) is 4. The van der Waals surface area contributed by atoms with Gasteiger partial charge in [-0.25, -0.2) is 9.78 Å². The highest BCUT2D eigenvalue weighted by atomic mass is 32.2. The molecule has 0 aliphatic carbocycles. The maximum Gasteiger partial charge on any atom is 0.322 e. The summed E-state index contributed by atoms with van der Waals surface area (Å²) in [6.07, 6.45) is 10.5. The maximum absolute atomic E-state index is 12.6. The molecule has 2 aromatic rings. The lowest BCUT2D eigenvalue weighted by atomic mass is 9.98. The van der Waals surface area contributed by atoms with Crippen LogP contribution in [0.2, 0.25) is 0 Å². The van der Waals surface area contributed by atoms with E-state index >= 15 is 0 Å². The number of carbonyl (C=O) groups is 1. The molecule has 0 radical (unpaired) electrons. The van der Waals surface area contributed by atoms with Crippen molar-refractivity contribution in [3.8, 4) is 0 Å². The van der Waals surface area contributed by atoms with E-state index in [9.17, 15) is 4.79 Å². The number of carbonyl (C=O) groups excluding carboxylic acids is 1. The van der Waals surface area contributed by atoms with Crippen LogP contribution in [0.15, 0.2) is 35.7 Å². The minimum absolute atomic E-state index is 0.0656. The first-order chi connectivity index (χ1) is 10.8. The number of rotatable bonds is 3. The van der Waals surface area contributed by atoms with E-state index < -0.39 is 0 Å². The van der Waals surface area contributed by atoms with Crippen LogP contribution in [0, 0.1) is 0 Å². The number of urea groups is 1. The van der Waals surface area contributed by atoms with Crippen LogP contribution >= 0.6 is 11.8 Å². The van der Waals surface area contributed by atoms with Gasteiger partial charge in [0.15, 0.2) is 0 Å². The first-order valence-electron chi connectivity index (χ1n) is 7.34. The van der Waals surface area contributed by atoms with Gasteiger partial charge >= 0.3 is 6.03 Å². The molecule has 2 amide bonds. The molecule has 7 heteroatoms. The summed E-state index contributed by atoms with van der Waals surface area (Å²) in [5.41, 5.74) is 1.84. The van der Waals surface area contributed by atoms with Gasteiger partial charge in [-0.05, 0) is 37.7 Å². The molecule has 2 aromatic heterocycles. The fraction of sp³-hybridized carbons (Fsp3) is 0.400. The van der Waals surface area contributed by atoms with Crippen molar-refractivity contribution in [3.63, 3.8) is 0 Å². The number of thioether (sulfide) groups is 1. The number of likely N-dealkylation sites (tertiary alicyclic amines) is 1. The molecule has 0 saturated carbocycles. The second-order valence-corrected chi connectivity index (χ2v) is 6.08. The van der Waals surface area contributed by atoms with Crippen LogP contribution in [0.3, 0.4) is 0 Å².